The van der Waals surface area contributed by atoms with E-state index in [1.165, 1.54) is 4.88 Å². The van der Waals surface area contributed by atoms with Crippen LogP contribution >= 0.6 is 11.3 Å². The van der Waals surface area contributed by atoms with Crippen LogP contribution in [0.3, 0.4) is 0 Å². The number of guanidine groups is 1. The Balaban J connectivity index is 2.20. The highest BCUT2D eigenvalue weighted by Crippen LogP contribution is 2.15. The maximum Gasteiger partial charge on any atom is 0.191 e. The smallest absolute Gasteiger partial charge is 0.191 e. The maximum atomic E-state index is 5.07. The quantitative estimate of drug-likeness (QED) is 0.408. The number of nitrogens with zero attached hydrogens (tertiary/aromatic N) is 3. The van der Waals surface area contributed by atoms with Gasteiger partial charge in [-0.1, -0.05) is 0 Å². The fraction of sp³-hybridized carbons (Fsp3) is 0.733. The summed E-state index contributed by atoms with van der Waals surface area (Å²) < 4.78 is 5.07. The summed E-state index contributed by atoms with van der Waals surface area (Å²) in [5.74, 6) is 0.824. The third-order valence-electron chi connectivity index (χ3n) is 3.39. The molecule has 0 radical (unpaired) electrons. The standard InChI is InChI=1S/C15H29N5OS/c1-12-13(2)22-14(19-12)11-18-15(16-3)17-7-6-8-20(4)9-10-21-5/h6-11H2,1-5H3,(H2,16,17,18). The zero-order valence-electron chi connectivity index (χ0n) is 14.4. The summed E-state index contributed by atoms with van der Waals surface area (Å²) in [5.41, 5.74) is 1.11. The molecule has 1 aromatic heterocycles. The molecule has 1 aromatic rings. The number of aryl methyl sites for hydroxylation is 2. The summed E-state index contributed by atoms with van der Waals surface area (Å²) >= 11 is 1.73. The Kier molecular flexibility index (Phi) is 9.03. The van der Waals surface area contributed by atoms with E-state index in [4.69, 9.17) is 4.74 Å². The minimum Gasteiger partial charge on any atom is -0.383 e. The molecule has 6 nitrogen and oxygen atoms in total. The molecule has 0 fully saturated rings. The van der Waals surface area contributed by atoms with Crippen LogP contribution in [-0.2, 0) is 11.3 Å². The lowest BCUT2D eigenvalue weighted by molar-refractivity contribution is 0.161. The van der Waals surface area contributed by atoms with Gasteiger partial charge in [-0.3, -0.25) is 4.99 Å². The molecule has 0 amide bonds. The summed E-state index contributed by atoms with van der Waals surface area (Å²) in [7, 11) is 5.63. The van der Waals surface area contributed by atoms with Crippen LogP contribution in [0.4, 0.5) is 0 Å². The van der Waals surface area contributed by atoms with Crippen LogP contribution in [-0.4, -0.2) is 63.3 Å². The first-order valence-electron chi connectivity index (χ1n) is 7.61. The fourth-order valence-corrected chi connectivity index (χ4v) is 2.78. The van der Waals surface area contributed by atoms with Gasteiger partial charge in [0.1, 0.15) is 5.01 Å². The topological polar surface area (TPSA) is 61.8 Å². The minimum atomic E-state index is 0.715. The average Bonchev–Trinajstić information content (AvgIpc) is 2.83. The van der Waals surface area contributed by atoms with Crippen molar-refractivity contribution in [3.63, 3.8) is 0 Å². The molecule has 0 saturated carbocycles. The van der Waals surface area contributed by atoms with E-state index in [1.54, 1.807) is 25.5 Å². The molecule has 126 valence electrons. The molecule has 0 aliphatic carbocycles. The van der Waals surface area contributed by atoms with E-state index in [-0.39, 0.29) is 0 Å². The molecular formula is C15H29N5OS. The van der Waals surface area contributed by atoms with Crippen molar-refractivity contribution in [1.29, 1.82) is 0 Å². The summed E-state index contributed by atoms with van der Waals surface area (Å²) in [6, 6.07) is 0. The maximum absolute atomic E-state index is 5.07. The number of aromatic nitrogens is 1. The van der Waals surface area contributed by atoms with Crippen molar-refractivity contribution < 1.29 is 4.74 Å². The van der Waals surface area contributed by atoms with E-state index >= 15 is 0 Å². The van der Waals surface area contributed by atoms with Gasteiger partial charge >= 0.3 is 0 Å². The summed E-state index contributed by atoms with van der Waals surface area (Å²) in [4.78, 5) is 12.3. The number of nitrogens with one attached hydrogen (secondary N) is 2. The molecule has 0 aliphatic heterocycles. The van der Waals surface area contributed by atoms with E-state index in [0.29, 0.717) is 6.54 Å². The van der Waals surface area contributed by atoms with Gasteiger partial charge in [-0.2, -0.15) is 0 Å². The molecule has 7 heteroatoms. The van der Waals surface area contributed by atoms with Crippen molar-refractivity contribution in [2.45, 2.75) is 26.8 Å². The third-order valence-corrected chi connectivity index (χ3v) is 4.46. The lowest BCUT2D eigenvalue weighted by atomic mass is 10.4. The number of thiazole rings is 1. The van der Waals surface area contributed by atoms with Gasteiger partial charge in [0.05, 0.1) is 18.8 Å². The SMILES string of the molecule is CN=C(NCCCN(C)CCOC)NCc1nc(C)c(C)s1. The molecule has 22 heavy (non-hydrogen) atoms. The van der Waals surface area contributed by atoms with Gasteiger partial charge in [0.2, 0.25) is 0 Å². The Hall–Kier alpha value is -1.18. The molecule has 0 aliphatic rings. The number of hydrogen-bond donors (Lipinski definition) is 2. The van der Waals surface area contributed by atoms with Crippen LogP contribution in [0.25, 0.3) is 0 Å². The number of likely N-dealkylation sites (N-methyl/N-ethyl adjacent to an activating group) is 1. The molecule has 0 atom stereocenters. The molecule has 0 unspecified atom stereocenters. The first-order chi connectivity index (χ1) is 10.6. The minimum absolute atomic E-state index is 0.715. The second-order valence-corrected chi connectivity index (χ2v) is 6.54. The van der Waals surface area contributed by atoms with Crippen LogP contribution in [0.1, 0.15) is 22.0 Å². The highest BCUT2D eigenvalue weighted by atomic mass is 32.1. The van der Waals surface area contributed by atoms with Crippen molar-refractivity contribution in [1.82, 2.24) is 20.5 Å². The number of hydrogen-bond acceptors (Lipinski definition) is 5. The van der Waals surface area contributed by atoms with Gasteiger partial charge < -0.3 is 20.3 Å². The van der Waals surface area contributed by atoms with E-state index in [9.17, 15) is 0 Å². The molecule has 1 rings (SSSR count). The second-order valence-electron chi connectivity index (χ2n) is 5.25. The fourth-order valence-electron chi connectivity index (χ4n) is 1.91. The monoisotopic (exact) mass is 327 g/mol. The highest BCUT2D eigenvalue weighted by molar-refractivity contribution is 7.11. The first kappa shape index (κ1) is 18.9. The van der Waals surface area contributed by atoms with Crippen molar-refractivity contribution in [2.24, 2.45) is 4.99 Å². The summed E-state index contributed by atoms with van der Waals surface area (Å²) in [6.45, 7) is 8.54. The molecular weight excluding hydrogens is 298 g/mol. The lowest BCUT2D eigenvalue weighted by Crippen LogP contribution is -2.38. The van der Waals surface area contributed by atoms with Gasteiger partial charge in [-0.15, -0.1) is 11.3 Å². The van der Waals surface area contributed by atoms with Crippen LogP contribution in [0.2, 0.25) is 0 Å². The normalized spacial score (nSPS) is 12.0. The summed E-state index contributed by atoms with van der Waals surface area (Å²) in [5, 5.41) is 7.73. The molecule has 2 N–H and O–H groups in total. The first-order valence-corrected chi connectivity index (χ1v) is 8.43. The Bertz CT molecular complexity index is 441. The van der Waals surface area contributed by atoms with E-state index in [2.05, 4.69) is 39.5 Å². The predicted molar refractivity (Wildman–Crippen MR) is 93.8 cm³/mol. The van der Waals surface area contributed by atoms with Crippen LogP contribution in [0.15, 0.2) is 4.99 Å². The zero-order chi connectivity index (χ0) is 16.4. The Morgan fingerprint density at radius 1 is 1.32 bits per heavy atom. The second kappa shape index (κ2) is 10.5. The molecule has 0 aromatic carbocycles. The largest absolute Gasteiger partial charge is 0.383 e. The molecule has 0 bridgehead atoms. The van der Waals surface area contributed by atoms with Crippen molar-refractivity contribution in [2.75, 3.05) is 47.4 Å². The third kappa shape index (κ3) is 7.20. The zero-order valence-corrected chi connectivity index (χ0v) is 15.2. The van der Waals surface area contributed by atoms with Gasteiger partial charge in [0.15, 0.2) is 5.96 Å². The average molecular weight is 327 g/mol. The van der Waals surface area contributed by atoms with Gasteiger partial charge in [-0.25, -0.2) is 4.98 Å². The van der Waals surface area contributed by atoms with Crippen LogP contribution in [0.5, 0.6) is 0 Å². The Labute approximate surface area is 138 Å². The van der Waals surface area contributed by atoms with Crippen molar-refractivity contribution in [3.05, 3.63) is 15.6 Å². The van der Waals surface area contributed by atoms with E-state index in [1.807, 2.05) is 6.92 Å². The Morgan fingerprint density at radius 2 is 2.09 bits per heavy atom. The van der Waals surface area contributed by atoms with Crippen LogP contribution < -0.4 is 10.6 Å². The van der Waals surface area contributed by atoms with Gasteiger partial charge in [0, 0.05) is 32.1 Å². The molecule has 1 heterocycles. The predicted octanol–water partition coefficient (Wildman–Crippen LogP) is 1.39. The lowest BCUT2D eigenvalue weighted by Gasteiger charge is -2.16. The van der Waals surface area contributed by atoms with Gasteiger partial charge in [-0.05, 0) is 33.9 Å². The van der Waals surface area contributed by atoms with Crippen LogP contribution in [0, 0.1) is 13.8 Å². The number of ether oxygens (including phenoxy) is 1. The number of rotatable bonds is 9. The van der Waals surface area contributed by atoms with Gasteiger partial charge in [0.25, 0.3) is 0 Å². The van der Waals surface area contributed by atoms with Crippen molar-refractivity contribution in [3.8, 4) is 0 Å². The highest BCUT2D eigenvalue weighted by Gasteiger charge is 2.04. The van der Waals surface area contributed by atoms with E-state index < -0.39 is 0 Å². The van der Waals surface area contributed by atoms with Crippen molar-refractivity contribution >= 4 is 17.3 Å². The molecule has 0 spiro atoms. The number of aliphatic imine (C=N–C) groups is 1. The summed E-state index contributed by atoms with van der Waals surface area (Å²) in [6.07, 6.45) is 1.07. The van der Waals surface area contributed by atoms with E-state index in [0.717, 1.165) is 49.3 Å². The number of methoxy groups -OCH3 is 1. The molecule has 0 saturated heterocycles. The Morgan fingerprint density at radius 3 is 2.68 bits per heavy atom.